The number of amides is 2. The second-order valence-corrected chi connectivity index (χ2v) is 7.12. The highest BCUT2D eigenvalue weighted by molar-refractivity contribution is 8.18. The van der Waals surface area contributed by atoms with Crippen molar-refractivity contribution in [3.05, 3.63) is 89.0 Å². The molecule has 0 radical (unpaired) electrons. The molecule has 1 aliphatic rings. The normalized spacial score (nSPS) is 15.4. The highest BCUT2D eigenvalue weighted by atomic mass is 32.2. The zero-order chi connectivity index (χ0) is 19.5. The highest BCUT2D eigenvalue weighted by Gasteiger charge is 2.36. The summed E-state index contributed by atoms with van der Waals surface area (Å²) in [5, 5.41) is -0.463. The summed E-state index contributed by atoms with van der Waals surface area (Å²) in [5.41, 5.74) is 1.38. The van der Waals surface area contributed by atoms with Gasteiger partial charge < -0.3 is 4.42 Å². The van der Waals surface area contributed by atoms with Crippen LogP contribution in [-0.2, 0) is 4.79 Å². The van der Waals surface area contributed by atoms with Gasteiger partial charge >= 0.3 is 0 Å². The van der Waals surface area contributed by atoms with Crippen molar-refractivity contribution in [3.63, 3.8) is 0 Å². The molecule has 0 saturated carbocycles. The maximum atomic E-state index is 12.6. The molecule has 2 amide bonds. The third-order valence-electron chi connectivity index (χ3n) is 4.23. The Morgan fingerprint density at radius 3 is 2.32 bits per heavy atom. The number of furan rings is 1. The van der Waals surface area contributed by atoms with Crippen LogP contribution in [0.3, 0.4) is 0 Å². The van der Waals surface area contributed by atoms with Crippen molar-refractivity contribution in [1.82, 2.24) is 4.90 Å². The number of thioether (sulfide) groups is 1. The lowest BCUT2D eigenvalue weighted by molar-refractivity contribution is -0.122. The largest absolute Gasteiger partial charge is 0.457 e. The summed E-state index contributed by atoms with van der Waals surface area (Å²) in [6.07, 6.45) is 1.53. The fourth-order valence-electron chi connectivity index (χ4n) is 2.81. The van der Waals surface area contributed by atoms with Crippen molar-refractivity contribution < 1.29 is 18.8 Å². The summed E-state index contributed by atoms with van der Waals surface area (Å²) < 4.78 is 5.76. The van der Waals surface area contributed by atoms with Crippen LogP contribution in [0.2, 0.25) is 0 Å². The number of carbonyl (C=O) groups is 3. The van der Waals surface area contributed by atoms with Crippen molar-refractivity contribution in [1.29, 1.82) is 0 Å². The van der Waals surface area contributed by atoms with Gasteiger partial charge in [0.25, 0.3) is 11.1 Å². The molecule has 5 nitrogen and oxygen atoms in total. The van der Waals surface area contributed by atoms with Crippen LogP contribution >= 0.6 is 11.8 Å². The molecule has 1 aromatic heterocycles. The van der Waals surface area contributed by atoms with E-state index in [-0.39, 0.29) is 17.2 Å². The van der Waals surface area contributed by atoms with Gasteiger partial charge in [-0.1, -0.05) is 60.7 Å². The third kappa shape index (κ3) is 3.68. The van der Waals surface area contributed by atoms with Gasteiger partial charge in [0.2, 0.25) is 0 Å². The molecule has 0 N–H and O–H groups in total. The minimum absolute atomic E-state index is 0.236. The maximum absolute atomic E-state index is 12.6. The number of hydrogen-bond acceptors (Lipinski definition) is 5. The van der Waals surface area contributed by atoms with Gasteiger partial charge in [-0.3, -0.25) is 19.3 Å². The highest BCUT2D eigenvalue weighted by Crippen LogP contribution is 2.33. The Kier molecular flexibility index (Phi) is 4.95. The molecular formula is C22H15NO4S. The van der Waals surface area contributed by atoms with E-state index in [9.17, 15) is 14.4 Å². The van der Waals surface area contributed by atoms with E-state index in [1.807, 2.05) is 36.4 Å². The summed E-state index contributed by atoms with van der Waals surface area (Å²) in [5.74, 6) is 0.370. The predicted molar refractivity (Wildman–Crippen MR) is 108 cm³/mol. The zero-order valence-corrected chi connectivity index (χ0v) is 15.5. The van der Waals surface area contributed by atoms with Crippen LogP contribution in [0.4, 0.5) is 4.79 Å². The summed E-state index contributed by atoms with van der Waals surface area (Å²) in [6, 6.07) is 21.7. The number of hydrogen-bond donors (Lipinski definition) is 0. The molecule has 28 heavy (non-hydrogen) atoms. The molecule has 2 heterocycles. The smallest absolute Gasteiger partial charge is 0.293 e. The Hall–Kier alpha value is -3.38. The Morgan fingerprint density at radius 1 is 0.929 bits per heavy atom. The number of imide groups is 1. The van der Waals surface area contributed by atoms with Crippen LogP contribution in [0.15, 0.2) is 82.1 Å². The summed E-state index contributed by atoms with van der Waals surface area (Å²) in [6.45, 7) is -0.278. The van der Waals surface area contributed by atoms with E-state index in [1.54, 1.807) is 36.4 Å². The second-order valence-electron chi connectivity index (χ2n) is 6.13. The number of carbonyl (C=O) groups excluding carboxylic acids is 3. The van der Waals surface area contributed by atoms with Crippen molar-refractivity contribution in [2.24, 2.45) is 0 Å². The number of nitrogens with zero attached hydrogens (tertiary/aromatic N) is 1. The molecule has 1 saturated heterocycles. The number of ketones is 1. The lowest BCUT2D eigenvalue weighted by Gasteiger charge is -2.11. The van der Waals surface area contributed by atoms with Crippen LogP contribution < -0.4 is 0 Å². The first kappa shape index (κ1) is 18.0. The van der Waals surface area contributed by atoms with Gasteiger partial charge in [-0.2, -0.15) is 0 Å². The van der Waals surface area contributed by atoms with Crippen LogP contribution in [-0.4, -0.2) is 28.4 Å². The lowest BCUT2D eigenvalue weighted by atomic mass is 10.1. The van der Waals surface area contributed by atoms with E-state index >= 15 is 0 Å². The van der Waals surface area contributed by atoms with E-state index < -0.39 is 11.1 Å². The molecule has 1 fully saturated rings. The topological polar surface area (TPSA) is 67.6 Å². The number of Topliss-reactive ketones (excluding diaryl/α,β-unsaturated/α-hetero) is 1. The summed E-state index contributed by atoms with van der Waals surface area (Å²) in [4.78, 5) is 38.3. The first-order valence-electron chi connectivity index (χ1n) is 8.61. The van der Waals surface area contributed by atoms with Crippen molar-refractivity contribution >= 4 is 34.8 Å². The molecule has 4 rings (SSSR count). The SMILES string of the molecule is O=C(CN1C(=O)S/C(=C\c2ccc(-c3ccccc3)o2)C1=O)c1ccccc1. The van der Waals surface area contributed by atoms with Crippen molar-refractivity contribution in [3.8, 4) is 11.3 Å². The van der Waals surface area contributed by atoms with Crippen LogP contribution in [0, 0.1) is 0 Å². The van der Waals surface area contributed by atoms with E-state index in [2.05, 4.69) is 0 Å². The zero-order valence-electron chi connectivity index (χ0n) is 14.7. The minimum Gasteiger partial charge on any atom is -0.457 e. The molecule has 138 valence electrons. The Morgan fingerprint density at radius 2 is 1.61 bits per heavy atom. The minimum atomic E-state index is -0.489. The molecular weight excluding hydrogens is 374 g/mol. The molecule has 0 atom stereocenters. The van der Waals surface area contributed by atoms with Gasteiger partial charge in [0.05, 0.1) is 11.4 Å². The van der Waals surface area contributed by atoms with Gasteiger partial charge in [0.15, 0.2) is 5.78 Å². The first-order valence-corrected chi connectivity index (χ1v) is 9.42. The van der Waals surface area contributed by atoms with Gasteiger partial charge in [0, 0.05) is 17.2 Å². The average Bonchev–Trinajstić information content (AvgIpc) is 3.30. The van der Waals surface area contributed by atoms with Gasteiger partial charge in [-0.15, -0.1) is 0 Å². The fraction of sp³-hybridized carbons (Fsp3) is 0.0455. The van der Waals surface area contributed by atoms with E-state index in [1.165, 1.54) is 6.08 Å². The average molecular weight is 389 g/mol. The summed E-state index contributed by atoms with van der Waals surface area (Å²) in [7, 11) is 0. The molecule has 0 spiro atoms. The number of rotatable bonds is 5. The summed E-state index contributed by atoms with van der Waals surface area (Å²) >= 11 is 0.805. The van der Waals surface area contributed by atoms with E-state index in [0.29, 0.717) is 17.1 Å². The first-order chi connectivity index (χ1) is 13.6. The Balaban J connectivity index is 1.51. The molecule has 0 aliphatic carbocycles. The molecule has 0 bridgehead atoms. The quantitative estimate of drug-likeness (QED) is 0.460. The van der Waals surface area contributed by atoms with Crippen LogP contribution in [0.1, 0.15) is 16.1 Å². The van der Waals surface area contributed by atoms with Crippen LogP contribution in [0.5, 0.6) is 0 Å². The monoisotopic (exact) mass is 389 g/mol. The molecule has 3 aromatic rings. The lowest BCUT2D eigenvalue weighted by Crippen LogP contribution is -2.33. The third-order valence-corrected chi connectivity index (χ3v) is 5.14. The maximum Gasteiger partial charge on any atom is 0.293 e. The van der Waals surface area contributed by atoms with E-state index in [4.69, 9.17) is 4.42 Å². The standard InChI is InChI=1S/C22H15NO4S/c24-18(15-7-3-1-4-8-15)14-23-21(25)20(28-22(23)26)13-17-11-12-19(27-17)16-9-5-2-6-10-16/h1-13H,14H2/b20-13-. The molecule has 2 aromatic carbocycles. The predicted octanol–water partition coefficient (Wildman–Crippen LogP) is 4.87. The fourth-order valence-corrected chi connectivity index (χ4v) is 3.63. The Labute approximate surface area is 165 Å². The Bertz CT molecular complexity index is 1070. The van der Waals surface area contributed by atoms with Crippen molar-refractivity contribution in [2.75, 3.05) is 6.54 Å². The molecule has 0 unspecified atom stereocenters. The van der Waals surface area contributed by atoms with Gasteiger partial charge in [0.1, 0.15) is 11.5 Å². The van der Waals surface area contributed by atoms with Gasteiger partial charge in [-0.25, -0.2) is 0 Å². The van der Waals surface area contributed by atoms with Crippen molar-refractivity contribution in [2.45, 2.75) is 0 Å². The number of benzene rings is 2. The molecule has 1 aliphatic heterocycles. The second kappa shape index (κ2) is 7.70. The van der Waals surface area contributed by atoms with Crippen LogP contribution in [0.25, 0.3) is 17.4 Å². The molecule has 6 heteroatoms. The van der Waals surface area contributed by atoms with Gasteiger partial charge in [-0.05, 0) is 23.9 Å². The van der Waals surface area contributed by atoms with E-state index in [0.717, 1.165) is 22.2 Å².